The van der Waals surface area contributed by atoms with Crippen molar-refractivity contribution in [1.29, 1.82) is 0 Å². The van der Waals surface area contributed by atoms with Gasteiger partial charge < -0.3 is 19.1 Å². The summed E-state index contributed by atoms with van der Waals surface area (Å²) in [6.45, 7) is 1.46. The van der Waals surface area contributed by atoms with Gasteiger partial charge in [-0.15, -0.1) is 0 Å². The Bertz CT molecular complexity index is 794. The van der Waals surface area contributed by atoms with Crippen molar-refractivity contribution in [3.8, 4) is 17.4 Å². The quantitative estimate of drug-likeness (QED) is 0.792. The van der Waals surface area contributed by atoms with E-state index >= 15 is 0 Å². The van der Waals surface area contributed by atoms with E-state index in [1.54, 1.807) is 29.3 Å². The highest BCUT2D eigenvalue weighted by atomic mass is 16.7. The van der Waals surface area contributed by atoms with E-state index in [1.807, 2.05) is 18.2 Å². The topological polar surface area (TPSA) is 73.8 Å². The van der Waals surface area contributed by atoms with Crippen LogP contribution in [0.4, 0.5) is 0 Å². The lowest BCUT2D eigenvalue weighted by Gasteiger charge is -2.15. The zero-order chi connectivity index (χ0) is 17.1. The van der Waals surface area contributed by atoms with Crippen molar-refractivity contribution in [2.75, 3.05) is 19.9 Å². The first-order chi connectivity index (χ1) is 12.3. The van der Waals surface area contributed by atoms with Crippen molar-refractivity contribution >= 4 is 12.0 Å². The van der Waals surface area contributed by atoms with Crippen molar-refractivity contribution in [1.82, 2.24) is 14.9 Å². The second-order valence-electron chi connectivity index (χ2n) is 5.81. The van der Waals surface area contributed by atoms with Gasteiger partial charge in [0.2, 0.25) is 18.6 Å². The second kappa shape index (κ2) is 6.80. The third-order valence-corrected chi connectivity index (χ3v) is 4.11. The zero-order valence-electron chi connectivity index (χ0n) is 13.5. The highest BCUT2D eigenvalue weighted by Crippen LogP contribution is 2.32. The lowest BCUT2D eigenvalue weighted by molar-refractivity contribution is -0.125. The molecule has 1 aromatic heterocycles. The van der Waals surface area contributed by atoms with Gasteiger partial charge >= 0.3 is 0 Å². The number of fused-ring (bicyclic) bond motifs is 1. The van der Waals surface area contributed by atoms with Crippen LogP contribution in [0.1, 0.15) is 12.0 Å². The number of hydrogen-bond donors (Lipinski definition) is 0. The molecule has 1 fully saturated rings. The van der Waals surface area contributed by atoms with Gasteiger partial charge in [-0.1, -0.05) is 6.07 Å². The number of amides is 1. The van der Waals surface area contributed by atoms with Gasteiger partial charge in [-0.25, -0.2) is 9.97 Å². The molecule has 2 aromatic rings. The Morgan fingerprint density at radius 3 is 3.08 bits per heavy atom. The molecular formula is C18H17N3O4. The molecule has 7 heteroatoms. The molecule has 1 atom stereocenters. The van der Waals surface area contributed by atoms with Gasteiger partial charge in [0.15, 0.2) is 11.5 Å². The largest absolute Gasteiger partial charge is 0.472 e. The van der Waals surface area contributed by atoms with Crippen LogP contribution in [-0.2, 0) is 4.79 Å². The number of rotatable bonds is 4. The number of carbonyl (C=O) groups is 1. The van der Waals surface area contributed by atoms with Crippen LogP contribution in [-0.4, -0.2) is 46.8 Å². The Morgan fingerprint density at radius 1 is 1.28 bits per heavy atom. The van der Waals surface area contributed by atoms with Crippen LogP contribution >= 0.6 is 0 Å². The second-order valence-corrected chi connectivity index (χ2v) is 5.81. The van der Waals surface area contributed by atoms with Gasteiger partial charge in [-0.3, -0.25) is 4.79 Å². The number of hydrogen-bond acceptors (Lipinski definition) is 6. The molecule has 1 aromatic carbocycles. The van der Waals surface area contributed by atoms with Gasteiger partial charge in [0.25, 0.3) is 0 Å². The summed E-state index contributed by atoms with van der Waals surface area (Å²) in [6.07, 6.45) is 7.18. The summed E-state index contributed by atoms with van der Waals surface area (Å²) in [5.74, 6) is 1.93. The van der Waals surface area contributed by atoms with Crippen LogP contribution in [0.5, 0.6) is 17.4 Å². The number of carbonyl (C=O) groups excluding carboxylic acids is 1. The molecule has 0 aliphatic carbocycles. The lowest BCUT2D eigenvalue weighted by Crippen LogP contribution is -2.29. The van der Waals surface area contributed by atoms with Crippen molar-refractivity contribution in [3.05, 3.63) is 48.4 Å². The Labute approximate surface area is 144 Å². The number of aromatic nitrogens is 2. The molecule has 0 bridgehead atoms. The fraction of sp³-hybridized carbons (Fsp3) is 0.278. The van der Waals surface area contributed by atoms with Crippen LogP contribution < -0.4 is 14.2 Å². The molecule has 0 radical (unpaired) electrons. The number of likely N-dealkylation sites (tertiary alicyclic amines) is 1. The van der Waals surface area contributed by atoms with E-state index in [1.165, 1.54) is 6.33 Å². The van der Waals surface area contributed by atoms with E-state index in [4.69, 9.17) is 14.2 Å². The molecule has 2 aliphatic heterocycles. The molecule has 1 saturated heterocycles. The normalized spacial score (nSPS) is 18.7. The third kappa shape index (κ3) is 3.55. The highest BCUT2D eigenvalue weighted by molar-refractivity contribution is 5.92. The molecule has 2 aliphatic rings. The van der Waals surface area contributed by atoms with Crippen LogP contribution in [0.2, 0.25) is 0 Å². The minimum atomic E-state index is -0.0437. The van der Waals surface area contributed by atoms with Crippen molar-refractivity contribution in [3.63, 3.8) is 0 Å². The van der Waals surface area contributed by atoms with Gasteiger partial charge in [0.05, 0.1) is 6.54 Å². The maximum Gasteiger partial charge on any atom is 0.246 e. The predicted molar refractivity (Wildman–Crippen MR) is 89.2 cm³/mol. The maximum atomic E-state index is 12.4. The van der Waals surface area contributed by atoms with Crippen molar-refractivity contribution in [2.45, 2.75) is 12.5 Å². The average molecular weight is 339 g/mol. The monoisotopic (exact) mass is 339 g/mol. The van der Waals surface area contributed by atoms with Crippen molar-refractivity contribution < 1.29 is 19.0 Å². The molecule has 25 heavy (non-hydrogen) atoms. The fourth-order valence-electron chi connectivity index (χ4n) is 2.83. The smallest absolute Gasteiger partial charge is 0.246 e. The van der Waals surface area contributed by atoms with E-state index in [0.29, 0.717) is 24.7 Å². The summed E-state index contributed by atoms with van der Waals surface area (Å²) < 4.78 is 16.4. The van der Waals surface area contributed by atoms with E-state index in [-0.39, 0.29) is 18.8 Å². The summed E-state index contributed by atoms with van der Waals surface area (Å²) in [4.78, 5) is 22.0. The number of benzene rings is 1. The minimum Gasteiger partial charge on any atom is -0.472 e. The molecule has 4 rings (SSSR count). The first kappa shape index (κ1) is 15.4. The molecule has 1 amide bonds. The number of nitrogens with zero attached hydrogens (tertiary/aromatic N) is 3. The molecule has 0 N–H and O–H groups in total. The Kier molecular flexibility index (Phi) is 4.20. The summed E-state index contributed by atoms with van der Waals surface area (Å²) in [5.41, 5.74) is 0.894. The molecule has 3 heterocycles. The van der Waals surface area contributed by atoms with Gasteiger partial charge in [0.1, 0.15) is 12.4 Å². The van der Waals surface area contributed by atoms with Crippen LogP contribution in [0.25, 0.3) is 6.08 Å². The van der Waals surface area contributed by atoms with Crippen molar-refractivity contribution in [2.24, 2.45) is 0 Å². The summed E-state index contributed by atoms with van der Waals surface area (Å²) in [7, 11) is 0. The summed E-state index contributed by atoms with van der Waals surface area (Å²) in [6, 6.07) is 7.30. The van der Waals surface area contributed by atoms with E-state index in [2.05, 4.69) is 9.97 Å². The Morgan fingerprint density at radius 2 is 2.20 bits per heavy atom. The fourth-order valence-corrected chi connectivity index (χ4v) is 2.83. The molecule has 0 saturated carbocycles. The summed E-state index contributed by atoms with van der Waals surface area (Å²) in [5, 5.41) is 0. The predicted octanol–water partition coefficient (Wildman–Crippen LogP) is 1.90. The van der Waals surface area contributed by atoms with E-state index in [9.17, 15) is 4.79 Å². The van der Waals surface area contributed by atoms with Gasteiger partial charge in [-0.05, 0) is 23.8 Å². The van der Waals surface area contributed by atoms with Gasteiger partial charge in [-0.2, -0.15) is 0 Å². The van der Waals surface area contributed by atoms with Crippen LogP contribution in [0, 0.1) is 0 Å². The molecular weight excluding hydrogens is 322 g/mol. The molecule has 7 nitrogen and oxygen atoms in total. The lowest BCUT2D eigenvalue weighted by atomic mass is 10.2. The first-order valence-electron chi connectivity index (χ1n) is 8.07. The SMILES string of the molecule is O=C(/C=C/c1ccc2c(c1)OCO2)N1CC[C@@H](Oc2ccncn2)C1. The van der Waals surface area contributed by atoms with Gasteiger partial charge in [0, 0.05) is 31.3 Å². The molecule has 0 spiro atoms. The van der Waals surface area contributed by atoms with E-state index in [0.717, 1.165) is 17.7 Å². The zero-order valence-corrected chi connectivity index (χ0v) is 13.5. The van der Waals surface area contributed by atoms with Crippen LogP contribution in [0.3, 0.4) is 0 Å². The highest BCUT2D eigenvalue weighted by Gasteiger charge is 2.26. The summed E-state index contributed by atoms with van der Waals surface area (Å²) >= 11 is 0. The third-order valence-electron chi connectivity index (χ3n) is 4.11. The van der Waals surface area contributed by atoms with E-state index < -0.39 is 0 Å². The molecule has 128 valence electrons. The molecule has 0 unspecified atom stereocenters. The Balaban J connectivity index is 1.34. The standard InChI is InChI=1S/C18H17N3O4/c22-18(4-2-13-1-3-15-16(9-13)24-12-23-15)21-8-6-14(10-21)25-17-5-7-19-11-20-17/h1-5,7,9,11,14H,6,8,10,12H2/b4-2+/t14-/m1/s1. The average Bonchev–Trinajstić information content (AvgIpc) is 3.29. The minimum absolute atomic E-state index is 0.0357. The maximum absolute atomic E-state index is 12.4. The first-order valence-corrected chi connectivity index (χ1v) is 8.07. The number of ether oxygens (including phenoxy) is 3. The van der Waals surface area contributed by atoms with Crippen LogP contribution in [0.15, 0.2) is 42.9 Å². The Hall–Kier alpha value is -3.09.